The molecule has 6 amide bonds. The number of hydrogen-bond donors (Lipinski definition) is 2. The van der Waals surface area contributed by atoms with Crippen LogP contribution in [0.1, 0.15) is 121 Å². The molecule has 0 fully saturated rings. The molecule has 0 radical (unpaired) electrons. The third kappa shape index (κ3) is 18.9. The van der Waals surface area contributed by atoms with Gasteiger partial charge < -0.3 is 57.8 Å². The molecular formula is C55H76N8O16. The van der Waals surface area contributed by atoms with Gasteiger partial charge in [-0.05, 0) is 126 Å². The van der Waals surface area contributed by atoms with E-state index >= 15 is 0 Å². The number of benzene rings is 2. The summed E-state index contributed by atoms with van der Waals surface area (Å²) in [6.45, 7) is 22.7. The van der Waals surface area contributed by atoms with E-state index in [1.54, 1.807) is 41.5 Å². The highest BCUT2D eigenvalue weighted by atomic mass is 16.6. The summed E-state index contributed by atoms with van der Waals surface area (Å²) < 4.78 is 46.6. The molecule has 0 unspecified atom stereocenters. The lowest BCUT2D eigenvalue weighted by Crippen LogP contribution is -2.50. The second-order valence-corrected chi connectivity index (χ2v) is 23.5. The Labute approximate surface area is 460 Å². The van der Waals surface area contributed by atoms with E-state index in [9.17, 15) is 38.7 Å². The third-order valence-corrected chi connectivity index (χ3v) is 10.7. The van der Waals surface area contributed by atoms with Gasteiger partial charge in [0.05, 0.1) is 51.0 Å². The second kappa shape index (κ2) is 25.6. The Balaban J connectivity index is 1.54. The number of carboxylic acids is 1. The van der Waals surface area contributed by atoms with Crippen LogP contribution in [0.25, 0.3) is 22.3 Å². The lowest BCUT2D eigenvalue weighted by Gasteiger charge is -2.29. The van der Waals surface area contributed by atoms with Crippen molar-refractivity contribution in [2.75, 3.05) is 62.5 Å². The number of imide groups is 2. The maximum absolute atomic E-state index is 14.6. The topological polar surface area (TPSA) is 279 Å². The summed E-state index contributed by atoms with van der Waals surface area (Å²) in [6, 6.07) is 14.5. The molecule has 79 heavy (non-hydrogen) atoms. The van der Waals surface area contributed by atoms with Crippen LogP contribution in [0.5, 0.6) is 0 Å². The fourth-order valence-electron chi connectivity index (χ4n) is 7.73. The highest BCUT2D eigenvalue weighted by Crippen LogP contribution is 2.44. The van der Waals surface area contributed by atoms with Crippen molar-refractivity contribution >= 4 is 65.3 Å². The van der Waals surface area contributed by atoms with E-state index in [0.29, 0.717) is 16.4 Å². The molecule has 2 heterocycles. The minimum atomic E-state index is -1.42. The molecule has 24 heteroatoms. The van der Waals surface area contributed by atoms with E-state index in [-0.39, 0.29) is 55.7 Å². The Bertz CT molecular complexity index is 2730. The Kier molecular flexibility index (Phi) is 20.2. The Morgan fingerprint density at radius 1 is 0.633 bits per heavy atom. The number of ether oxygens (including phenoxy) is 8. The summed E-state index contributed by atoms with van der Waals surface area (Å²) in [5.74, 6) is -4.05. The molecule has 5 rings (SSSR count). The number of amides is 6. The summed E-state index contributed by atoms with van der Waals surface area (Å²) in [5, 5.41) is 12.9. The predicted molar refractivity (Wildman–Crippen MR) is 289 cm³/mol. The molecule has 1 aliphatic carbocycles. The number of aliphatic carboxylic acids is 1. The standard InChI is InChI=1S/C55H76N8O16/c1-51(2,3)75-27-26-72-24-25-73-31-34(57-46(67)74-32-39-37-22-18-16-20-35(37)36-21-17-19-23-38(36)39)28-60(30-41(65)66)40(64)29-61-33-56-42-43(61)58-45(63(49(70)78-54(10,11)12)50(71)79-55(13,14)15)59-44(42)62(47(68)76-52(4,5)6)48(69)77-53(7,8)9/h16-23,33-34,39H,24-32H2,1-15H3,(H,57,67)(H,65,66)/t34-/m1/s1. The van der Waals surface area contributed by atoms with Crippen molar-refractivity contribution in [1.29, 1.82) is 0 Å². The summed E-state index contributed by atoms with van der Waals surface area (Å²) >= 11 is 0. The molecule has 0 spiro atoms. The van der Waals surface area contributed by atoms with E-state index < -0.39 is 102 Å². The van der Waals surface area contributed by atoms with Gasteiger partial charge in [0.15, 0.2) is 17.0 Å². The zero-order valence-electron chi connectivity index (χ0n) is 47.9. The summed E-state index contributed by atoms with van der Waals surface area (Å²) in [7, 11) is 0. The fourth-order valence-corrected chi connectivity index (χ4v) is 7.73. The van der Waals surface area contributed by atoms with Crippen LogP contribution < -0.4 is 15.1 Å². The molecule has 0 aliphatic heterocycles. The number of nitrogens with zero attached hydrogens (tertiary/aromatic N) is 7. The monoisotopic (exact) mass is 1100 g/mol. The highest BCUT2D eigenvalue weighted by Gasteiger charge is 2.41. The number of anilines is 2. The molecule has 0 saturated carbocycles. The molecule has 432 valence electrons. The SMILES string of the molecule is CC(C)(C)OCCOCCOC[C@@H](CN(CC(=O)O)C(=O)Cn1cnc2c(N(C(=O)OC(C)(C)C)C(=O)OC(C)(C)C)nc(N(C(=O)OC(C)(C)C)C(=O)OC(C)(C)C)nc21)NC(=O)OCC1c2ccccc2-c2ccccc21. The molecule has 4 aromatic rings. The van der Waals surface area contributed by atoms with Crippen LogP contribution in [0, 0.1) is 0 Å². The number of fused-ring (bicyclic) bond motifs is 4. The smallest absolute Gasteiger partial charge is 0.427 e. The molecule has 0 bridgehead atoms. The Morgan fingerprint density at radius 3 is 1.61 bits per heavy atom. The first kappa shape index (κ1) is 62.4. The number of rotatable bonds is 19. The first-order chi connectivity index (χ1) is 36.6. The molecule has 24 nitrogen and oxygen atoms in total. The van der Waals surface area contributed by atoms with E-state index in [4.69, 9.17) is 37.9 Å². The van der Waals surface area contributed by atoms with Gasteiger partial charge in [0, 0.05) is 12.5 Å². The van der Waals surface area contributed by atoms with Crippen molar-refractivity contribution in [1.82, 2.24) is 29.7 Å². The largest absolute Gasteiger partial charge is 0.480 e. The van der Waals surface area contributed by atoms with Crippen LogP contribution >= 0.6 is 0 Å². The summed E-state index contributed by atoms with van der Waals surface area (Å²) in [5.41, 5.74) is -1.90. The van der Waals surface area contributed by atoms with Gasteiger partial charge in [-0.15, -0.1) is 4.90 Å². The molecular weight excluding hydrogens is 1030 g/mol. The third-order valence-electron chi connectivity index (χ3n) is 10.7. The number of carboxylic acid groups (broad SMARTS) is 1. The van der Waals surface area contributed by atoms with E-state index in [2.05, 4.69) is 20.3 Å². The van der Waals surface area contributed by atoms with E-state index in [1.165, 1.54) is 41.5 Å². The van der Waals surface area contributed by atoms with E-state index in [0.717, 1.165) is 38.0 Å². The lowest BCUT2D eigenvalue weighted by molar-refractivity contribution is -0.145. The zero-order valence-corrected chi connectivity index (χ0v) is 47.9. The van der Waals surface area contributed by atoms with Gasteiger partial charge >= 0.3 is 36.4 Å². The molecule has 1 aliphatic rings. The van der Waals surface area contributed by atoms with Crippen LogP contribution in [-0.2, 0) is 54.0 Å². The van der Waals surface area contributed by atoms with Gasteiger partial charge in [0.1, 0.15) is 42.1 Å². The van der Waals surface area contributed by atoms with Crippen LogP contribution in [0.3, 0.4) is 0 Å². The second-order valence-electron chi connectivity index (χ2n) is 23.5. The summed E-state index contributed by atoms with van der Waals surface area (Å²) in [6.07, 6.45) is -5.08. The number of alkyl carbamates (subject to hydrolysis) is 1. The number of nitrogens with one attached hydrogen (secondary N) is 1. The van der Waals surface area contributed by atoms with Gasteiger partial charge in [-0.1, -0.05) is 48.5 Å². The first-order valence-corrected chi connectivity index (χ1v) is 25.8. The van der Waals surface area contributed by atoms with Crippen LogP contribution in [-0.4, -0.2) is 159 Å². The zero-order chi connectivity index (χ0) is 58.8. The van der Waals surface area contributed by atoms with Crippen molar-refractivity contribution in [3.05, 3.63) is 66.0 Å². The van der Waals surface area contributed by atoms with Gasteiger partial charge in [-0.2, -0.15) is 14.9 Å². The molecule has 0 saturated heterocycles. The molecule has 2 N–H and O–H groups in total. The number of hydrogen-bond acceptors (Lipinski definition) is 18. The maximum Gasteiger partial charge on any atom is 0.427 e. The summed E-state index contributed by atoms with van der Waals surface area (Å²) in [4.78, 5) is 112. The molecule has 2 aromatic heterocycles. The van der Waals surface area contributed by atoms with Gasteiger partial charge in [0.2, 0.25) is 11.9 Å². The fraction of sp³-hybridized carbons (Fsp3) is 0.564. The average molecular weight is 1110 g/mol. The van der Waals surface area contributed by atoms with Crippen molar-refractivity contribution in [3.63, 3.8) is 0 Å². The minimum absolute atomic E-state index is 0.0455. The van der Waals surface area contributed by atoms with E-state index in [1.807, 2.05) is 69.3 Å². The number of carbonyl (C=O) groups excluding carboxylic acids is 6. The average Bonchev–Trinajstić information content (AvgIpc) is 4.14. The van der Waals surface area contributed by atoms with Crippen molar-refractivity contribution in [2.45, 2.75) is 150 Å². The van der Waals surface area contributed by atoms with Crippen LogP contribution in [0.4, 0.5) is 35.7 Å². The van der Waals surface area contributed by atoms with Crippen molar-refractivity contribution in [3.8, 4) is 11.1 Å². The Morgan fingerprint density at radius 2 is 1.11 bits per heavy atom. The number of imidazole rings is 1. The van der Waals surface area contributed by atoms with Crippen molar-refractivity contribution < 1.29 is 76.6 Å². The molecule has 1 atom stereocenters. The maximum atomic E-state index is 14.6. The first-order valence-electron chi connectivity index (χ1n) is 25.8. The predicted octanol–water partition coefficient (Wildman–Crippen LogP) is 8.85. The number of aromatic nitrogens is 4. The van der Waals surface area contributed by atoms with Gasteiger partial charge in [0.25, 0.3) is 0 Å². The highest BCUT2D eigenvalue weighted by molar-refractivity contribution is 6.14. The Hall–Kier alpha value is -7.44. The lowest BCUT2D eigenvalue weighted by atomic mass is 9.98. The van der Waals surface area contributed by atoms with Gasteiger partial charge in [-0.3, -0.25) is 9.59 Å². The molecule has 2 aromatic carbocycles. The number of carbonyl (C=O) groups is 7. The minimum Gasteiger partial charge on any atom is -0.480 e. The normalized spacial score (nSPS) is 13.2. The quantitative estimate of drug-likeness (QED) is 0.0655. The van der Waals surface area contributed by atoms with Gasteiger partial charge in [-0.25, -0.2) is 29.0 Å². The van der Waals surface area contributed by atoms with Crippen LogP contribution in [0.2, 0.25) is 0 Å². The van der Waals surface area contributed by atoms with Crippen LogP contribution in [0.15, 0.2) is 54.9 Å². The van der Waals surface area contributed by atoms with Crippen molar-refractivity contribution in [2.24, 2.45) is 0 Å².